The lowest BCUT2D eigenvalue weighted by Crippen LogP contribution is -1.93. The quantitative estimate of drug-likeness (QED) is 0.611. The fourth-order valence-corrected chi connectivity index (χ4v) is 1.27. The molecular formula is C10H10FN. The molecule has 0 unspecified atom stereocenters. The largest absolute Gasteiger partial charge is 0.220 e. The van der Waals surface area contributed by atoms with E-state index in [1.807, 2.05) is 12.1 Å². The Morgan fingerprint density at radius 3 is 2.75 bits per heavy atom. The molecule has 1 aromatic heterocycles. The molecule has 1 aliphatic rings. The number of hydrogen-bond donors (Lipinski definition) is 0. The Hall–Kier alpha value is -1.18. The SMILES string of the molecule is C=Cc1ccc(C2CC2)c(F)n1. The second kappa shape index (κ2) is 2.70. The number of hydrogen-bond acceptors (Lipinski definition) is 1. The molecule has 0 saturated heterocycles. The molecular weight excluding hydrogens is 153 g/mol. The van der Waals surface area contributed by atoms with Gasteiger partial charge in [0, 0.05) is 5.56 Å². The van der Waals surface area contributed by atoms with E-state index in [2.05, 4.69) is 11.6 Å². The molecule has 1 aromatic rings. The molecule has 1 heterocycles. The van der Waals surface area contributed by atoms with Crippen LogP contribution in [-0.4, -0.2) is 4.98 Å². The summed E-state index contributed by atoms with van der Waals surface area (Å²) < 4.78 is 13.2. The van der Waals surface area contributed by atoms with Gasteiger partial charge in [-0.15, -0.1) is 0 Å². The van der Waals surface area contributed by atoms with E-state index in [1.165, 1.54) is 0 Å². The average Bonchev–Trinajstić information content (AvgIpc) is 2.87. The number of rotatable bonds is 2. The van der Waals surface area contributed by atoms with Gasteiger partial charge in [0.05, 0.1) is 5.69 Å². The third-order valence-electron chi connectivity index (χ3n) is 2.13. The summed E-state index contributed by atoms with van der Waals surface area (Å²) in [5, 5.41) is 0. The highest BCUT2D eigenvalue weighted by Gasteiger charge is 2.26. The fourth-order valence-electron chi connectivity index (χ4n) is 1.27. The summed E-state index contributed by atoms with van der Waals surface area (Å²) in [4.78, 5) is 3.77. The Balaban J connectivity index is 2.38. The van der Waals surface area contributed by atoms with Gasteiger partial charge in [0.1, 0.15) is 0 Å². The van der Waals surface area contributed by atoms with Crippen LogP contribution in [0.3, 0.4) is 0 Å². The molecule has 2 rings (SSSR count). The molecule has 0 atom stereocenters. The predicted octanol–water partition coefficient (Wildman–Crippen LogP) is 2.74. The van der Waals surface area contributed by atoms with Crippen molar-refractivity contribution in [3.8, 4) is 0 Å². The molecule has 2 heteroatoms. The van der Waals surface area contributed by atoms with Crippen molar-refractivity contribution in [2.45, 2.75) is 18.8 Å². The maximum atomic E-state index is 13.2. The van der Waals surface area contributed by atoms with Crippen molar-refractivity contribution in [2.75, 3.05) is 0 Å². The van der Waals surface area contributed by atoms with Gasteiger partial charge in [-0.05, 0) is 30.9 Å². The Morgan fingerprint density at radius 2 is 2.25 bits per heavy atom. The summed E-state index contributed by atoms with van der Waals surface area (Å²) in [6.45, 7) is 3.53. The number of aromatic nitrogens is 1. The second-order valence-corrected chi connectivity index (χ2v) is 3.09. The van der Waals surface area contributed by atoms with Crippen LogP contribution in [-0.2, 0) is 0 Å². The van der Waals surface area contributed by atoms with Crippen LogP contribution in [0.1, 0.15) is 30.0 Å². The van der Waals surface area contributed by atoms with Gasteiger partial charge in [-0.3, -0.25) is 0 Å². The van der Waals surface area contributed by atoms with E-state index in [0.717, 1.165) is 18.4 Å². The minimum atomic E-state index is -0.324. The molecule has 1 saturated carbocycles. The molecule has 1 aliphatic carbocycles. The topological polar surface area (TPSA) is 12.9 Å². The van der Waals surface area contributed by atoms with Crippen molar-refractivity contribution < 1.29 is 4.39 Å². The van der Waals surface area contributed by atoms with Crippen LogP contribution >= 0.6 is 0 Å². The molecule has 1 nitrogen and oxygen atoms in total. The van der Waals surface area contributed by atoms with Crippen LogP contribution < -0.4 is 0 Å². The van der Waals surface area contributed by atoms with Crippen LogP contribution in [0, 0.1) is 5.95 Å². The number of nitrogens with zero attached hydrogens (tertiary/aromatic N) is 1. The lowest BCUT2D eigenvalue weighted by molar-refractivity contribution is 0.566. The Morgan fingerprint density at radius 1 is 1.50 bits per heavy atom. The highest BCUT2D eigenvalue weighted by Crippen LogP contribution is 2.40. The van der Waals surface area contributed by atoms with Crippen molar-refractivity contribution in [3.63, 3.8) is 0 Å². The lowest BCUT2D eigenvalue weighted by Gasteiger charge is -1.99. The Kier molecular flexibility index (Phi) is 1.68. The lowest BCUT2D eigenvalue weighted by atomic mass is 10.2. The van der Waals surface area contributed by atoms with Gasteiger partial charge in [0.2, 0.25) is 5.95 Å². The van der Waals surface area contributed by atoms with Gasteiger partial charge in [-0.25, -0.2) is 4.98 Å². The fraction of sp³-hybridized carbons (Fsp3) is 0.300. The third kappa shape index (κ3) is 1.24. The summed E-state index contributed by atoms with van der Waals surface area (Å²) in [6, 6.07) is 3.63. The molecule has 62 valence electrons. The second-order valence-electron chi connectivity index (χ2n) is 3.09. The maximum absolute atomic E-state index is 13.2. The summed E-state index contributed by atoms with van der Waals surface area (Å²) in [7, 11) is 0. The molecule has 0 aromatic carbocycles. The van der Waals surface area contributed by atoms with Crippen molar-refractivity contribution in [1.29, 1.82) is 0 Å². The summed E-state index contributed by atoms with van der Waals surface area (Å²) in [5.41, 5.74) is 1.37. The van der Waals surface area contributed by atoms with Gasteiger partial charge >= 0.3 is 0 Å². The van der Waals surface area contributed by atoms with Gasteiger partial charge in [0.25, 0.3) is 0 Å². The van der Waals surface area contributed by atoms with Gasteiger partial charge < -0.3 is 0 Å². The molecule has 1 fully saturated rings. The standard InChI is InChI=1S/C10H10FN/c1-2-8-5-6-9(7-3-4-7)10(11)12-8/h2,5-7H,1,3-4H2. The maximum Gasteiger partial charge on any atom is 0.216 e. The van der Waals surface area contributed by atoms with E-state index in [9.17, 15) is 4.39 Å². The van der Waals surface area contributed by atoms with Crippen LogP contribution in [0.15, 0.2) is 18.7 Å². The van der Waals surface area contributed by atoms with Gasteiger partial charge in [-0.1, -0.05) is 12.6 Å². The molecule has 0 bridgehead atoms. The van der Waals surface area contributed by atoms with E-state index in [4.69, 9.17) is 0 Å². The van der Waals surface area contributed by atoms with Crippen molar-refractivity contribution in [3.05, 3.63) is 35.9 Å². The van der Waals surface area contributed by atoms with Crippen LogP contribution in [0.25, 0.3) is 6.08 Å². The first kappa shape index (κ1) is 7.47. The first-order chi connectivity index (χ1) is 5.81. The van der Waals surface area contributed by atoms with Crippen molar-refractivity contribution >= 4 is 6.08 Å². The van der Waals surface area contributed by atoms with E-state index >= 15 is 0 Å². The number of halogens is 1. The minimum absolute atomic E-state index is 0.324. The van der Waals surface area contributed by atoms with E-state index in [1.54, 1.807) is 6.08 Å². The first-order valence-electron chi connectivity index (χ1n) is 4.10. The smallest absolute Gasteiger partial charge is 0.216 e. The van der Waals surface area contributed by atoms with E-state index in [0.29, 0.717) is 11.6 Å². The Labute approximate surface area is 70.9 Å². The van der Waals surface area contributed by atoms with E-state index < -0.39 is 0 Å². The van der Waals surface area contributed by atoms with Crippen molar-refractivity contribution in [1.82, 2.24) is 4.98 Å². The molecule has 0 radical (unpaired) electrons. The molecule has 0 spiro atoms. The summed E-state index contributed by atoms with van der Waals surface area (Å²) in [6.07, 6.45) is 3.76. The molecule has 12 heavy (non-hydrogen) atoms. The Bertz CT molecular complexity index is 316. The number of pyridine rings is 1. The molecule has 0 amide bonds. The van der Waals surface area contributed by atoms with Crippen LogP contribution in [0.4, 0.5) is 4.39 Å². The zero-order chi connectivity index (χ0) is 8.55. The highest BCUT2D eigenvalue weighted by molar-refractivity contribution is 5.42. The minimum Gasteiger partial charge on any atom is -0.220 e. The van der Waals surface area contributed by atoms with Gasteiger partial charge in [-0.2, -0.15) is 4.39 Å². The first-order valence-corrected chi connectivity index (χ1v) is 4.10. The highest BCUT2D eigenvalue weighted by atomic mass is 19.1. The summed E-state index contributed by atoms with van der Waals surface area (Å²) >= 11 is 0. The van der Waals surface area contributed by atoms with Crippen molar-refractivity contribution in [2.24, 2.45) is 0 Å². The predicted molar refractivity (Wildman–Crippen MR) is 46.3 cm³/mol. The zero-order valence-corrected chi connectivity index (χ0v) is 6.76. The zero-order valence-electron chi connectivity index (χ0n) is 6.76. The third-order valence-corrected chi connectivity index (χ3v) is 2.13. The molecule has 0 aliphatic heterocycles. The van der Waals surface area contributed by atoms with Crippen LogP contribution in [0.2, 0.25) is 0 Å². The van der Waals surface area contributed by atoms with E-state index in [-0.39, 0.29) is 5.95 Å². The average molecular weight is 163 g/mol. The normalized spacial score (nSPS) is 16.1. The monoisotopic (exact) mass is 163 g/mol. The van der Waals surface area contributed by atoms with Gasteiger partial charge in [0.15, 0.2) is 0 Å². The van der Waals surface area contributed by atoms with Crippen LogP contribution in [0.5, 0.6) is 0 Å². The molecule has 0 N–H and O–H groups in total. The summed E-state index contributed by atoms with van der Waals surface area (Å²) in [5.74, 6) is 0.103.